The highest BCUT2D eigenvalue weighted by Crippen LogP contribution is 2.35. The number of ether oxygens (including phenoxy) is 4. The molecule has 2 N–H and O–H groups in total. The molecule has 2 aromatic carbocycles. The molecule has 2 aromatic heterocycles. The zero-order valence-electron chi connectivity index (χ0n) is 48.6. The number of aromatic nitrogens is 3. The van der Waals surface area contributed by atoms with Crippen LogP contribution in [0.1, 0.15) is 134 Å². The molecule has 0 spiro atoms. The second-order valence-corrected chi connectivity index (χ2v) is 21.9. The Morgan fingerprint density at radius 1 is 0.807 bits per heavy atom. The summed E-state index contributed by atoms with van der Waals surface area (Å²) in [4.78, 5) is 127. The molecule has 3 aliphatic heterocycles. The predicted octanol–water partition coefficient (Wildman–Crippen LogP) is 7.29. The van der Waals surface area contributed by atoms with Gasteiger partial charge < -0.3 is 43.6 Å². The molecule has 0 radical (unpaired) electrons. The molecule has 7 rings (SSSR count). The minimum absolute atomic E-state index is 0.0185. The van der Waals surface area contributed by atoms with Gasteiger partial charge in [0.05, 0.1) is 56.2 Å². The van der Waals surface area contributed by atoms with Crippen LogP contribution in [-0.2, 0) is 63.5 Å². The first kappa shape index (κ1) is 62.7. The first-order chi connectivity index (χ1) is 39.8. The maximum Gasteiger partial charge on any atom is 0.309 e. The maximum absolute atomic E-state index is 13.4. The molecule has 0 saturated carbocycles. The number of ketones is 3. The Morgan fingerprint density at radius 2 is 1.55 bits per heavy atom. The highest BCUT2D eigenvalue weighted by atomic mass is 16.5. The number of rotatable bonds is 33. The third kappa shape index (κ3) is 17.3. The number of hydrogen-bond donors (Lipinski definition) is 2. The van der Waals surface area contributed by atoms with E-state index >= 15 is 0 Å². The van der Waals surface area contributed by atoms with E-state index in [9.17, 15) is 43.2 Å². The van der Waals surface area contributed by atoms with Crippen molar-refractivity contribution >= 4 is 70.6 Å². The van der Waals surface area contributed by atoms with Gasteiger partial charge >= 0.3 is 5.97 Å². The van der Waals surface area contributed by atoms with Gasteiger partial charge in [0.15, 0.2) is 11.6 Å². The summed E-state index contributed by atoms with van der Waals surface area (Å²) in [6, 6.07) is 12.7. The molecular formula is C62H78N8O13. The third-order valence-electron chi connectivity index (χ3n) is 15.0. The van der Waals surface area contributed by atoms with Crippen molar-refractivity contribution in [2.24, 2.45) is 36.8 Å². The lowest BCUT2D eigenvalue weighted by Crippen LogP contribution is -2.35. The third-order valence-corrected chi connectivity index (χ3v) is 15.0. The van der Waals surface area contributed by atoms with E-state index in [0.29, 0.717) is 68.0 Å². The molecule has 0 aliphatic carbocycles. The number of nitrogens with one attached hydrogen (secondary N) is 2. The van der Waals surface area contributed by atoms with Crippen LogP contribution in [0, 0.1) is 24.7 Å². The van der Waals surface area contributed by atoms with Gasteiger partial charge in [0.2, 0.25) is 23.5 Å². The number of imidazole rings is 1. The lowest BCUT2D eigenvalue weighted by atomic mass is 9.90. The summed E-state index contributed by atoms with van der Waals surface area (Å²) in [5.74, 6) is -1.92. The molecule has 0 bridgehead atoms. The van der Waals surface area contributed by atoms with Gasteiger partial charge in [0.1, 0.15) is 23.0 Å². The lowest BCUT2D eigenvalue weighted by molar-refractivity contribution is -0.152. The van der Waals surface area contributed by atoms with Crippen LogP contribution in [-0.4, -0.2) is 148 Å². The molecule has 5 amide bonds. The van der Waals surface area contributed by atoms with Gasteiger partial charge in [-0.05, 0) is 73.8 Å². The molecule has 444 valence electrons. The van der Waals surface area contributed by atoms with Crippen LogP contribution in [0.25, 0.3) is 11.1 Å². The minimum atomic E-state index is -0.625. The number of nitrogens with zero attached hydrogens (tertiary/aromatic N) is 6. The smallest absolute Gasteiger partial charge is 0.309 e. The molecule has 5 heterocycles. The predicted molar refractivity (Wildman–Crippen MR) is 309 cm³/mol. The van der Waals surface area contributed by atoms with E-state index in [0.717, 1.165) is 27.8 Å². The zero-order chi connectivity index (χ0) is 59.7. The Kier molecular flexibility index (Phi) is 22.6. The normalized spacial score (nSPS) is 16.0. The summed E-state index contributed by atoms with van der Waals surface area (Å²) in [5, 5.41) is 5.66. The highest BCUT2D eigenvalue weighted by Gasteiger charge is 2.37. The fourth-order valence-electron chi connectivity index (χ4n) is 10.2. The monoisotopic (exact) mass is 1140 g/mol. The molecule has 3 atom stereocenters. The fourth-order valence-corrected chi connectivity index (χ4v) is 10.2. The van der Waals surface area contributed by atoms with Crippen molar-refractivity contribution in [2.45, 2.75) is 111 Å². The summed E-state index contributed by atoms with van der Waals surface area (Å²) in [6.45, 7) is 13.8. The number of fused-ring (bicyclic) bond motifs is 2. The van der Waals surface area contributed by atoms with E-state index in [1.807, 2.05) is 58.2 Å². The van der Waals surface area contributed by atoms with Crippen molar-refractivity contribution in [2.75, 3.05) is 64.6 Å². The standard InChI is InChI=1S/C62H78N8O13/c1-8-43-32-57(75)69(60(43)77)21-18-47(71)12-9-22-80-26-27-81-25-19-48(72)33-49(39(2)3)62(79)83-24-11-20-63-59(76)52-31-45(37-67(52)6)44-16-14-42(15-17-44)30-53(73)58-66-55(38-68(58)7)65-56(74)13-10-23-82-54-34-51-50(29-41(54)5)61(78)70-36-40(4)28-46(70)35-64-51/h14-17,29,31,34-35,37-39,43,46,49H,4,8-13,18-28,30,32-33,36H2,1-3,5-7H3,(H,63,76)(H,65,74)/t43?,46-,49-/m0/s1. The van der Waals surface area contributed by atoms with Gasteiger partial charge in [0.25, 0.3) is 11.8 Å². The second-order valence-electron chi connectivity index (χ2n) is 21.9. The molecule has 21 heteroatoms. The van der Waals surface area contributed by atoms with Crippen LogP contribution in [0.3, 0.4) is 0 Å². The minimum Gasteiger partial charge on any atom is -0.493 e. The number of aliphatic imine (C=N–C) groups is 1. The van der Waals surface area contributed by atoms with Crippen LogP contribution in [0.4, 0.5) is 11.5 Å². The Hall–Kier alpha value is -7.91. The van der Waals surface area contributed by atoms with Gasteiger partial charge in [-0.2, -0.15) is 0 Å². The summed E-state index contributed by atoms with van der Waals surface area (Å²) >= 11 is 0. The number of carbonyl (C=O) groups is 9. The van der Waals surface area contributed by atoms with E-state index in [2.05, 4.69) is 27.2 Å². The second kappa shape index (κ2) is 29.9. The molecule has 2 saturated heterocycles. The van der Waals surface area contributed by atoms with Crippen molar-refractivity contribution in [3.05, 3.63) is 95.2 Å². The van der Waals surface area contributed by atoms with E-state index < -0.39 is 11.9 Å². The van der Waals surface area contributed by atoms with Gasteiger partial charge in [-0.25, -0.2) is 4.98 Å². The van der Waals surface area contributed by atoms with E-state index in [-0.39, 0.29) is 167 Å². The number of Topliss-reactive ketones (excluding diaryl/α,β-unsaturated/α-hetero) is 3. The summed E-state index contributed by atoms with van der Waals surface area (Å²) in [5.41, 5.74) is 5.70. The van der Waals surface area contributed by atoms with Gasteiger partial charge in [-0.3, -0.25) is 53.0 Å². The summed E-state index contributed by atoms with van der Waals surface area (Å²) in [7, 11) is 3.46. The first-order valence-corrected chi connectivity index (χ1v) is 28.7. The number of carbonyl (C=O) groups excluding carboxylic acids is 9. The molecule has 83 heavy (non-hydrogen) atoms. The van der Waals surface area contributed by atoms with Crippen molar-refractivity contribution in [1.82, 2.24) is 29.2 Å². The largest absolute Gasteiger partial charge is 0.493 e. The van der Waals surface area contributed by atoms with Crippen LogP contribution >= 0.6 is 0 Å². The Morgan fingerprint density at radius 3 is 2.29 bits per heavy atom. The number of anilines is 1. The first-order valence-electron chi connectivity index (χ1n) is 28.7. The number of imide groups is 1. The maximum atomic E-state index is 13.4. The molecule has 4 aromatic rings. The van der Waals surface area contributed by atoms with E-state index in [4.69, 9.17) is 18.9 Å². The van der Waals surface area contributed by atoms with Crippen LogP contribution in [0.15, 0.2) is 72.0 Å². The Bertz CT molecular complexity index is 3080. The van der Waals surface area contributed by atoms with E-state index in [1.165, 1.54) is 4.90 Å². The number of esters is 1. The quantitative estimate of drug-likeness (QED) is 0.0156. The molecule has 2 fully saturated rings. The number of amides is 5. The number of aryl methyl sites for hydroxylation is 3. The average molecular weight is 1140 g/mol. The van der Waals surface area contributed by atoms with Gasteiger partial charge in [-0.1, -0.05) is 57.2 Å². The van der Waals surface area contributed by atoms with Crippen LogP contribution < -0.4 is 15.4 Å². The molecule has 1 unspecified atom stereocenters. The van der Waals surface area contributed by atoms with Crippen molar-refractivity contribution in [3.63, 3.8) is 0 Å². The van der Waals surface area contributed by atoms with Crippen molar-refractivity contribution in [3.8, 4) is 16.9 Å². The van der Waals surface area contributed by atoms with Gasteiger partial charge in [0, 0.05) is 121 Å². The Labute approximate surface area is 484 Å². The van der Waals surface area contributed by atoms with E-state index in [1.54, 1.807) is 58.7 Å². The zero-order valence-corrected chi connectivity index (χ0v) is 48.6. The summed E-state index contributed by atoms with van der Waals surface area (Å²) in [6.07, 6.45) is 8.83. The molecular weight excluding hydrogens is 1060 g/mol. The summed E-state index contributed by atoms with van der Waals surface area (Å²) < 4.78 is 25.9. The van der Waals surface area contributed by atoms with Crippen molar-refractivity contribution < 1.29 is 62.1 Å². The van der Waals surface area contributed by atoms with Crippen LogP contribution in [0.5, 0.6) is 5.75 Å². The fraction of sp³-hybridized carbons (Fsp3) is 0.500. The lowest BCUT2D eigenvalue weighted by Gasteiger charge is -2.20. The molecule has 3 aliphatic rings. The Balaban J connectivity index is 0.741. The highest BCUT2D eigenvalue weighted by molar-refractivity contribution is 6.04. The van der Waals surface area contributed by atoms with Gasteiger partial charge in [-0.15, -0.1) is 0 Å². The SMILES string of the molecule is C=C1C[C@H]2C=Nc3cc(OCCCC(=O)Nc4cn(C)c(C(=O)Cc5ccc(-c6cc(C(=O)NCCCOC(=O)[C@@H](CC(=O)CCOCCOCCCC(=O)CCN7C(=O)CC(CC)C7=O)C(C)C)n(C)c6)cc5)n4)c(C)cc3C(=O)N2C1. The van der Waals surface area contributed by atoms with Crippen molar-refractivity contribution in [1.29, 1.82) is 0 Å². The number of benzene rings is 2. The topological polar surface area (TPSA) is 256 Å². The molecule has 21 nitrogen and oxygen atoms in total. The average Bonchev–Trinajstić information content (AvgIpc) is 3.95. The number of hydrogen-bond acceptors (Lipinski definition) is 15. The number of likely N-dealkylation sites (tertiary alicyclic amines) is 1. The van der Waals surface area contributed by atoms with Crippen LogP contribution in [0.2, 0.25) is 0 Å².